The summed E-state index contributed by atoms with van der Waals surface area (Å²) in [6.07, 6.45) is 9.91. The van der Waals surface area contributed by atoms with Gasteiger partial charge in [0.25, 0.3) is 0 Å². The van der Waals surface area contributed by atoms with E-state index in [4.69, 9.17) is 4.74 Å². The smallest absolute Gasteiger partial charge is 0.115 e. The molecule has 1 saturated carbocycles. The standard InChI is InChI=1S/C27H38NO/c1-3-4-5-8-18-29-26-20-28(17-16-23-14-15-25(26)27(23,28)2)19-22-12-9-11-21-10-6-7-13-24(21)22/h6-7,9-13,23,25-26H,3-5,8,14-20H2,1-2H3/q+1/t23-,25+,26-,27+,28+/m0/s1. The van der Waals surface area contributed by atoms with Crippen molar-refractivity contribution in [3.8, 4) is 0 Å². The maximum atomic E-state index is 6.62. The lowest BCUT2D eigenvalue weighted by atomic mass is 9.83. The Balaban J connectivity index is 1.40. The molecule has 29 heavy (non-hydrogen) atoms. The van der Waals surface area contributed by atoms with Crippen molar-refractivity contribution in [2.24, 2.45) is 11.8 Å². The van der Waals surface area contributed by atoms with Gasteiger partial charge in [0.15, 0.2) is 0 Å². The van der Waals surface area contributed by atoms with Crippen LogP contribution in [0.3, 0.4) is 0 Å². The topological polar surface area (TPSA) is 9.23 Å². The van der Waals surface area contributed by atoms with E-state index >= 15 is 0 Å². The molecular weight excluding hydrogens is 354 g/mol. The zero-order valence-electron chi connectivity index (χ0n) is 18.4. The highest BCUT2D eigenvalue weighted by Crippen LogP contribution is 2.61. The van der Waals surface area contributed by atoms with Gasteiger partial charge in [-0.25, -0.2) is 0 Å². The number of fused-ring (bicyclic) bond motifs is 1. The molecule has 0 N–H and O–H groups in total. The fourth-order valence-electron chi connectivity index (χ4n) is 7.41. The lowest BCUT2D eigenvalue weighted by Gasteiger charge is -2.44. The van der Waals surface area contributed by atoms with E-state index in [1.54, 1.807) is 5.56 Å². The second-order valence-electron chi connectivity index (χ2n) is 10.2. The molecule has 2 aliphatic heterocycles. The van der Waals surface area contributed by atoms with Crippen molar-refractivity contribution < 1.29 is 9.22 Å². The van der Waals surface area contributed by atoms with Crippen molar-refractivity contribution in [2.75, 3.05) is 19.7 Å². The predicted octanol–water partition coefficient (Wildman–Crippen LogP) is 6.32. The van der Waals surface area contributed by atoms with Crippen LogP contribution in [0, 0.1) is 11.8 Å². The number of benzene rings is 2. The molecule has 0 bridgehead atoms. The van der Waals surface area contributed by atoms with Gasteiger partial charge in [0.2, 0.25) is 0 Å². The van der Waals surface area contributed by atoms with Crippen LogP contribution in [-0.2, 0) is 11.3 Å². The summed E-state index contributed by atoms with van der Waals surface area (Å²) in [5.74, 6) is 1.66. The summed E-state index contributed by atoms with van der Waals surface area (Å²) in [6.45, 7) is 9.64. The molecule has 5 atom stereocenters. The van der Waals surface area contributed by atoms with Crippen LogP contribution in [0.4, 0.5) is 0 Å². The Morgan fingerprint density at radius 3 is 2.76 bits per heavy atom. The molecule has 1 aliphatic carbocycles. The molecule has 2 heteroatoms. The van der Waals surface area contributed by atoms with Crippen LogP contribution in [0.1, 0.15) is 64.4 Å². The molecule has 0 amide bonds. The Bertz CT molecular complexity index is 857. The first kappa shape index (κ1) is 19.6. The number of rotatable bonds is 8. The number of hydrogen-bond donors (Lipinski definition) is 0. The van der Waals surface area contributed by atoms with Crippen molar-refractivity contribution in [3.63, 3.8) is 0 Å². The minimum atomic E-state index is 0.422. The summed E-state index contributed by atoms with van der Waals surface area (Å²) < 4.78 is 7.89. The molecular formula is C27H38NO+. The number of nitrogens with zero attached hydrogens (tertiary/aromatic N) is 1. The third kappa shape index (κ3) is 3.06. The van der Waals surface area contributed by atoms with E-state index < -0.39 is 0 Å². The normalized spacial score (nSPS) is 35.4. The number of ether oxygens (including phenoxy) is 1. The number of unbranched alkanes of at least 4 members (excludes halogenated alkanes) is 3. The Morgan fingerprint density at radius 2 is 1.86 bits per heavy atom. The minimum absolute atomic E-state index is 0.422. The predicted molar refractivity (Wildman–Crippen MR) is 121 cm³/mol. The summed E-state index contributed by atoms with van der Waals surface area (Å²) in [7, 11) is 0. The van der Waals surface area contributed by atoms with Gasteiger partial charge in [0.05, 0.1) is 6.54 Å². The van der Waals surface area contributed by atoms with Crippen LogP contribution in [0.15, 0.2) is 42.5 Å². The van der Waals surface area contributed by atoms with E-state index in [0.29, 0.717) is 11.6 Å². The molecule has 0 radical (unpaired) electrons. The number of hydrogen-bond acceptors (Lipinski definition) is 1. The zero-order valence-corrected chi connectivity index (χ0v) is 18.4. The van der Waals surface area contributed by atoms with E-state index in [0.717, 1.165) is 18.4 Å². The van der Waals surface area contributed by atoms with Crippen LogP contribution in [0.2, 0.25) is 0 Å². The minimum Gasteiger partial charge on any atom is -0.372 e. The molecule has 2 aromatic rings. The van der Waals surface area contributed by atoms with Gasteiger partial charge in [0, 0.05) is 30.4 Å². The quantitative estimate of drug-likeness (QED) is 0.377. The van der Waals surface area contributed by atoms with Crippen LogP contribution in [0.5, 0.6) is 0 Å². The van der Waals surface area contributed by atoms with Gasteiger partial charge in [-0.2, -0.15) is 0 Å². The maximum Gasteiger partial charge on any atom is 0.115 e. The van der Waals surface area contributed by atoms with Crippen molar-refractivity contribution in [1.82, 2.24) is 0 Å². The molecule has 2 saturated heterocycles. The van der Waals surface area contributed by atoms with Gasteiger partial charge in [-0.15, -0.1) is 0 Å². The second kappa shape index (κ2) is 7.71. The lowest BCUT2D eigenvalue weighted by Crippen LogP contribution is -2.57. The lowest BCUT2D eigenvalue weighted by molar-refractivity contribution is -0.966. The summed E-state index contributed by atoms with van der Waals surface area (Å²) in [5, 5.41) is 2.84. The molecule has 5 rings (SSSR count). The maximum absolute atomic E-state index is 6.62. The Kier molecular flexibility index (Phi) is 5.20. The summed E-state index contributed by atoms with van der Waals surface area (Å²) in [4.78, 5) is 0. The summed E-state index contributed by atoms with van der Waals surface area (Å²) >= 11 is 0. The van der Waals surface area contributed by atoms with Gasteiger partial charge in [-0.3, -0.25) is 0 Å². The second-order valence-corrected chi connectivity index (χ2v) is 10.2. The highest BCUT2D eigenvalue weighted by Gasteiger charge is 2.71. The highest BCUT2D eigenvalue weighted by molar-refractivity contribution is 5.85. The highest BCUT2D eigenvalue weighted by atomic mass is 16.5. The Labute approximate surface area is 176 Å². The average Bonchev–Trinajstić information content (AvgIpc) is 3.31. The number of quaternary nitrogens is 1. The molecule has 2 nitrogen and oxygen atoms in total. The molecule has 3 fully saturated rings. The third-order valence-corrected chi connectivity index (χ3v) is 8.99. The first-order chi connectivity index (χ1) is 14.2. The third-order valence-electron chi connectivity index (χ3n) is 8.99. The van der Waals surface area contributed by atoms with Gasteiger partial charge in [0.1, 0.15) is 24.7 Å². The monoisotopic (exact) mass is 392 g/mol. The molecule has 0 unspecified atom stereocenters. The fraction of sp³-hybridized carbons (Fsp3) is 0.630. The largest absolute Gasteiger partial charge is 0.372 e. The van der Waals surface area contributed by atoms with Crippen LogP contribution in [0.25, 0.3) is 10.8 Å². The molecule has 3 aliphatic rings. The van der Waals surface area contributed by atoms with Gasteiger partial charge in [-0.05, 0) is 37.0 Å². The zero-order chi connectivity index (χ0) is 19.9. The fourth-order valence-corrected chi connectivity index (χ4v) is 7.41. The summed E-state index contributed by atoms with van der Waals surface area (Å²) in [6, 6.07) is 15.9. The first-order valence-electron chi connectivity index (χ1n) is 12.1. The Hall–Kier alpha value is -1.38. The van der Waals surface area contributed by atoms with E-state index in [9.17, 15) is 0 Å². The molecule has 0 spiro atoms. The van der Waals surface area contributed by atoms with Crippen molar-refractivity contribution in [1.29, 1.82) is 0 Å². The van der Waals surface area contributed by atoms with Crippen molar-refractivity contribution in [2.45, 2.75) is 77.0 Å². The van der Waals surface area contributed by atoms with Crippen LogP contribution in [-0.4, -0.2) is 35.8 Å². The SMILES string of the molecule is CCCCCCO[C@H]1C[N@+]2(Cc3cccc4ccccc34)CC[C@@H]3CC[C@H]1[C@@]32C. The van der Waals surface area contributed by atoms with Crippen LogP contribution < -0.4 is 0 Å². The van der Waals surface area contributed by atoms with E-state index in [2.05, 4.69) is 56.3 Å². The van der Waals surface area contributed by atoms with Gasteiger partial charge in [-0.1, -0.05) is 68.7 Å². The molecule has 2 aromatic carbocycles. The van der Waals surface area contributed by atoms with Gasteiger partial charge < -0.3 is 9.22 Å². The van der Waals surface area contributed by atoms with Crippen LogP contribution >= 0.6 is 0 Å². The Morgan fingerprint density at radius 1 is 1.00 bits per heavy atom. The summed E-state index contributed by atoms with van der Waals surface area (Å²) in [5.41, 5.74) is 1.96. The van der Waals surface area contributed by atoms with E-state index in [-0.39, 0.29) is 0 Å². The molecule has 0 aromatic heterocycles. The van der Waals surface area contributed by atoms with Gasteiger partial charge >= 0.3 is 0 Å². The van der Waals surface area contributed by atoms with E-state index in [1.165, 1.54) is 79.8 Å². The van der Waals surface area contributed by atoms with E-state index in [1.807, 2.05) is 0 Å². The molecule has 156 valence electrons. The molecule has 2 heterocycles. The average molecular weight is 393 g/mol. The van der Waals surface area contributed by atoms with Crippen molar-refractivity contribution in [3.05, 3.63) is 48.0 Å². The first-order valence-corrected chi connectivity index (χ1v) is 12.1. The van der Waals surface area contributed by atoms with Crippen molar-refractivity contribution >= 4 is 10.8 Å².